The van der Waals surface area contributed by atoms with Gasteiger partial charge in [0.2, 0.25) is 5.91 Å². The summed E-state index contributed by atoms with van der Waals surface area (Å²) in [6.45, 7) is 1.94. The SMILES string of the molecule is N#Cc1ccc(CS(=O)(=O)CC(=O)NCC2CCN(c3ccc(F)cc3)C2)cc1. The van der Waals surface area contributed by atoms with Crippen LogP contribution in [0, 0.1) is 23.1 Å². The van der Waals surface area contributed by atoms with E-state index in [1.165, 1.54) is 12.1 Å². The van der Waals surface area contributed by atoms with Crippen LogP contribution >= 0.6 is 0 Å². The molecule has 8 heteroatoms. The lowest BCUT2D eigenvalue weighted by Gasteiger charge is -2.18. The summed E-state index contributed by atoms with van der Waals surface area (Å²) in [5, 5.41) is 11.5. The Bertz CT molecular complexity index is 999. The maximum absolute atomic E-state index is 13.0. The molecule has 2 aromatic rings. The first kappa shape index (κ1) is 20.8. The van der Waals surface area contributed by atoms with Gasteiger partial charge in [-0.25, -0.2) is 12.8 Å². The highest BCUT2D eigenvalue weighted by atomic mass is 32.2. The van der Waals surface area contributed by atoms with E-state index in [1.807, 2.05) is 6.07 Å². The van der Waals surface area contributed by atoms with Crippen LogP contribution in [-0.4, -0.2) is 39.7 Å². The fraction of sp³-hybridized carbons (Fsp3) is 0.333. The highest BCUT2D eigenvalue weighted by molar-refractivity contribution is 7.91. The normalized spacial score (nSPS) is 16.4. The van der Waals surface area contributed by atoms with Crippen molar-refractivity contribution in [2.45, 2.75) is 12.2 Å². The third kappa shape index (κ3) is 6.03. The summed E-state index contributed by atoms with van der Waals surface area (Å²) < 4.78 is 37.6. The largest absolute Gasteiger partial charge is 0.371 e. The molecule has 1 fully saturated rings. The molecule has 1 unspecified atom stereocenters. The predicted molar refractivity (Wildman–Crippen MR) is 108 cm³/mol. The van der Waals surface area contributed by atoms with E-state index in [9.17, 15) is 17.6 Å². The molecule has 3 rings (SSSR count). The number of nitriles is 1. The number of nitrogens with zero attached hydrogens (tertiary/aromatic N) is 2. The number of hydrogen-bond donors (Lipinski definition) is 1. The Labute approximate surface area is 169 Å². The molecule has 29 heavy (non-hydrogen) atoms. The zero-order valence-electron chi connectivity index (χ0n) is 15.8. The van der Waals surface area contributed by atoms with Crippen molar-refractivity contribution in [3.8, 4) is 6.07 Å². The van der Waals surface area contributed by atoms with Crippen molar-refractivity contribution >= 4 is 21.4 Å². The van der Waals surface area contributed by atoms with Gasteiger partial charge in [-0.1, -0.05) is 12.1 Å². The second kappa shape index (κ2) is 9.05. The number of anilines is 1. The number of amides is 1. The van der Waals surface area contributed by atoms with Gasteiger partial charge in [0.1, 0.15) is 11.6 Å². The van der Waals surface area contributed by atoms with E-state index in [0.29, 0.717) is 17.7 Å². The minimum atomic E-state index is -3.60. The van der Waals surface area contributed by atoms with Crippen LogP contribution < -0.4 is 10.2 Å². The average molecular weight is 415 g/mol. The second-order valence-electron chi connectivity index (χ2n) is 7.22. The topological polar surface area (TPSA) is 90.3 Å². The Balaban J connectivity index is 1.45. The minimum Gasteiger partial charge on any atom is -0.371 e. The molecule has 152 valence electrons. The van der Waals surface area contributed by atoms with E-state index < -0.39 is 21.5 Å². The molecule has 0 aliphatic carbocycles. The highest BCUT2D eigenvalue weighted by Gasteiger charge is 2.24. The summed E-state index contributed by atoms with van der Waals surface area (Å²) in [5.74, 6) is -1.39. The maximum Gasteiger partial charge on any atom is 0.235 e. The summed E-state index contributed by atoms with van der Waals surface area (Å²) >= 11 is 0. The molecule has 0 radical (unpaired) electrons. The first-order chi connectivity index (χ1) is 13.8. The molecule has 1 aliphatic rings. The Kier molecular flexibility index (Phi) is 6.49. The molecule has 1 saturated heterocycles. The number of carbonyl (C=O) groups excluding carboxylic acids is 1. The molecule has 0 bridgehead atoms. The Morgan fingerprint density at radius 1 is 1.17 bits per heavy atom. The number of hydrogen-bond acceptors (Lipinski definition) is 5. The molecule has 0 spiro atoms. The number of nitrogens with one attached hydrogen (secondary N) is 1. The van der Waals surface area contributed by atoms with Gasteiger partial charge >= 0.3 is 0 Å². The lowest BCUT2D eigenvalue weighted by atomic mass is 10.1. The van der Waals surface area contributed by atoms with Gasteiger partial charge in [0.15, 0.2) is 9.84 Å². The van der Waals surface area contributed by atoms with Gasteiger partial charge < -0.3 is 10.2 Å². The minimum absolute atomic E-state index is 0.213. The van der Waals surface area contributed by atoms with Crippen molar-refractivity contribution < 1.29 is 17.6 Å². The summed E-state index contributed by atoms with van der Waals surface area (Å²) in [5.41, 5.74) is 1.93. The van der Waals surface area contributed by atoms with E-state index in [1.54, 1.807) is 36.4 Å². The van der Waals surface area contributed by atoms with Crippen molar-refractivity contribution in [1.29, 1.82) is 5.26 Å². The van der Waals surface area contributed by atoms with Crippen LogP contribution in [0.5, 0.6) is 0 Å². The molecule has 1 N–H and O–H groups in total. The van der Waals surface area contributed by atoms with Gasteiger partial charge in [0.05, 0.1) is 17.4 Å². The third-order valence-electron chi connectivity index (χ3n) is 4.89. The van der Waals surface area contributed by atoms with E-state index in [0.717, 1.165) is 25.2 Å². The van der Waals surface area contributed by atoms with E-state index in [4.69, 9.17) is 5.26 Å². The van der Waals surface area contributed by atoms with Crippen LogP contribution in [0.25, 0.3) is 0 Å². The molecule has 1 heterocycles. The lowest BCUT2D eigenvalue weighted by Crippen LogP contribution is -2.35. The quantitative estimate of drug-likeness (QED) is 0.749. The fourth-order valence-corrected chi connectivity index (χ4v) is 4.68. The first-order valence-electron chi connectivity index (χ1n) is 9.31. The molecule has 6 nitrogen and oxygen atoms in total. The van der Waals surface area contributed by atoms with Gasteiger partial charge in [-0.15, -0.1) is 0 Å². The molecule has 0 saturated carbocycles. The average Bonchev–Trinajstić information content (AvgIpc) is 3.16. The Morgan fingerprint density at radius 2 is 1.86 bits per heavy atom. The van der Waals surface area contributed by atoms with Gasteiger partial charge in [-0.05, 0) is 54.3 Å². The predicted octanol–water partition coefficient (Wildman–Crippen LogP) is 2.25. The summed E-state index contributed by atoms with van der Waals surface area (Å²) in [6.07, 6.45) is 0.871. The number of sulfone groups is 1. The van der Waals surface area contributed by atoms with Crippen LogP contribution in [0.1, 0.15) is 17.5 Å². The van der Waals surface area contributed by atoms with Crippen molar-refractivity contribution in [2.75, 3.05) is 30.3 Å². The number of benzene rings is 2. The maximum atomic E-state index is 13.0. The molecule has 1 amide bonds. The van der Waals surface area contributed by atoms with Crippen LogP contribution in [-0.2, 0) is 20.4 Å². The summed E-state index contributed by atoms with van der Waals surface area (Å²) in [7, 11) is -3.60. The number of rotatable bonds is 7. The summed E-state index contributed by atoms with van der Waals surface area (Å²) in [6, 6.07) is 14.5. The fourth-order valence-electron chi connectivity index (χ4n) is 3.38. The van der Waals surface area contributed by atoms with Crippen LogP contribution in [0.15, 0.2) is 48.5 Å². The van der Waals surface area contributed by atoms with Crippen molar-refractivity contribution in [3.05, 3.63) is 65.5 Å². The molecule has 0 aromatic heterocycles. The number of carbonyl (C=O) groups is 1. The van der Waals surface area contributed by atoms with E-state index in [-0.39, 0.29) is 17.5 Å². The molecular formula is C21H22FN3O3S. The molecule has 1 atom stereocenters. The van der Waals surface area contributed by atoms with E-state index in [2.05, 4.69) is 10.2 Å². The zero-order chi connectivity index (χ0) is 20.9. The summed E-state index contributed by atoms with van der Waals surface area (Å²) in [4.78, 5) is 14.2. The van der Waals surface area contributed by atoms with Gasteiger partial charge in [0.25, 0.3) is 0 Å². The van der Waals surface area contributed by atoms with E-state index >= 15 is 0 Å². The van der Waals surface area contributed by atoms with Crippen molar-refractivity contribution in [3.63, 3.8) is 0 Å². The monoisotopic (exact) mass is 415 g/mol. The second-order valence-corrected chi connectivity index (χ2v) is 9.29. The van der Waals surface area contributed by atoms with Gasteiger partial charge in [-0.3, -0.25) is 4.79 Å². The van der Waals surface area contributed by atoms with Crippen LogP contribution in [0.2, 0.25) is 0 Å². The van der Waals surface area contributed by atoms with Crippen LogP contribution in [0.3, 0.4) is 0 Å². The zero-order valence-corrected chi connectivity index (χ0v) is 16.7. The number of halogens is 1. The smallest absolute Gasteiger partial charge is 0.235 e. The Hall–Kier alpha value is -2.92. The third-order valence-corrected chi connectivity index (χ3v) is 6.36. The Morgan fingerprint density at radius 3 is 2.52 bits per heavy atom. The molecule has 2 aromatic carbocycles. The lowest BCUT2D eigenvalue weighted by molar-refractivity contribution is -0.118. The van der Waals surface area contributed by atoms with Gasteiger partial charge in [-0.2, -0.15) is 5.26 Å². The van der Waals surface area contributed by atoms with Crippen LogP contribution in [0.4, 0.5) is 10.1 Å². The molecular weight excluding hydrogens is 393 g/mol. The van der Waals surface area contributed by atoms with Gasteiger partial charge in [0, 0.05) is 25.3 Å². The van der Waals surface area contributed by atoms with Crippen molar-refractivity contribution in [1.82, 2.24) is 5.32 Å². The molecule has 1 aliphatic heterocycles. The first-order valence-corrected chi connectivity index (χ1v) is 11.1. The van der Waals surface area contributed by atoms with Crippen molar-refractivity contribution in [2.24, 2.45) is 5.92 Å². The highest BCUT2D eigenvalue weighted by Crippen LogP contribution is 2.23. The standard InChI is InChI=1S/C21H22FN3O3S/c22-19-5-7-20(8-6-19)25-10-9-18(13-25)12-24-21(26)15-29(27,28)14-17-3-1-16(11-23)2-4-17/h1-8,18H,9-10,12-15H2,(H,24,26).